The summed E-state index contributed by atoms with van der Waals surface area (Å²) < 4.78 is 62.6. The van der Waals surface area contributed by atoms with Gasteiger partial charge in [-0.25, -0.2) is 27.1 Å². The van der Waals surface area contributed by atoms with Crippen LogP contribution in [0.3, 0.4) is 0 Å². The third-order valence-corrected chi connectivity index (χ3v) is 6.99. The Bertz CT molecular complexity index is 1880. The van der Waals surface area contributed by atoms with Crippen LogP contribution < -0.4 is 0 Å². The van der Waals surface area contributed by atoms with Crippen LogP contribution >= 0.6 is 0 Å². The van der Waals surface area contributed by atoms with Gasteiger partial charge in [0.05, 0.1) is 36.2 Å². The zero-order valence-electron chi connectivity index (χ0n) is 22.5. The number of hydrogen-bond acceptors (Lipinski definition) is 5. The van der Waals surface area contributed by atoms with Crippen molar-refractivity contribution in [3.8, 4) is 28.5 Å². The molecular weight excluding hydrogens is 536 g/mol. The SMILES string of the molecule is Cc1c(-c2cncc(-c3cnn([C@H](c4ccc(F)cc4)C(C)(F)F)c3)n2)c(F)cn2nc(-n3c(C)ccc3C)nc12. The Morgan fingerprint density at radius 3 is 2.20 bits per heavy atom. The van der Waals surface area contributed by atoms with E-state index in [9.17, 15) is 13.2 Å². The number of hydrogen-bond donors (Lipinski definition) is 0. The summed E-state index contributed by atoms with van der Waals surface area (Å²) in [6, 6.07) is 7.27. The number of fused-ring (bicyclic) bond motifs is 1. The molecule has 5 aromatic heterocycles. The first-order chi connectivity index (χ1) is 19.5. The third kappa shape index (κ3) is 4.64. The van der Waals surface area contributed by atoms with Crippen LogP contribution in [-0.4, -0.2) is 44.8 Å². The molecule has 6 rings (SSSR count). The van der Waals surface area contributed by atoms with Gasteiger partial charge in [0.25, 0.3) is 11.9 Å². The average molecular weight is 561 g/mol. The van der Waals surface area contributed by atoms with Gasteiger partial charge in [0.15, 0.2) is 11.5 Å². The number of benzene rings is 1. The number of halogens is 4. The van der Waals surface area contributed by atoms with Crippen molar-refractivity contribution in [2.24, 2.45) is 0 Å². The van der Waals surface area contributed by atoms with E-state index in [1.54, 1.807) is 6.92 Å². The van der Waals surface area contributed by atoms with Gasteiger partial charge in [0.2, 0.25) is 0 Å². The first kappa shape index (κ1) is 26.4. The molecule has 8 nitrogen and oxygen atoms in total. The van der Waals surface area contributed by atoms with Gasteiger partial charge in [0.1, 0.15) is 11.9 Å². The van der Waals surface area contributed by atoms with Gasteiger partial charge in [-0.15, -0.1) is 5.10 Å². The first-order valence-corrected chi connectivity index (χ1v) is 12.7. The molecule has 5 heterocycles. The Balaban J connectivity index is 1.39. The van der Waals surface area contributed by atoms with Gasteiger partial charge in [-0.2, -0.15) is 10.1 Å². The topological polar surface area (TPSA) is 78.7 Å². The van der Waals surface area contributed by atoms with E-state index in [-0.39, 0.29) is 16.8 Å². The van der Waals surface area contributed by atoms with Crippen molar-refractivity contribution in [2.75, 3.05) is 0 Å². The number of alkyl halides is 2. The molecule has 0 aliphatic carbocycles. The van der Waals surface area contributed by atoms with Crippen LogP contribution in [0, 0.1) is 32.4 Å². The molecule has 1 atom stereocenters. The standard InChI is InChI=1S/C29H24F4N8/c1-16-5-6-17(2)41(16)28-37-27-18(3)25(22(31)15-40(27)38-28)24-13-34-12-23(36-24)20-11-35-39(14-20)26(29(4,32)33)19-7-9-21(30)10-8-19/h5-15,26H,1-4H3/t26-/m1/s1. The molecule has 41 heavy (non-hydrogen) atoms. The second-order valence-electron chi connectivity index (χ2n) is 10.0. The second-order valence-corrected chi connectivity index (χ2v) is 10.0. The van der Waals surface area contributed by atoms with E-state index >= 15 is 4.39 Å². The Labute approximate surface area is 232 Å². The summed E-state index contributed by atoms with van der Waals surface area (Å²) in [4.78, 5) is 13.5. The predicted molar refractivity (Wildman–Crippen MR) is 144 cm³/mol. The maximum atomic E-state index is 15.5. The zero-order chi connectivity index (χ0) is 29.1. The Hall–Kier alpha value is -4.87. The lowest BCUT2D eigenvalue weighted by Gasteiger charge is -2.24. The predicted octanol–water partition coefficient (Wildman–Crippen LogP) is 6.29. The quantitative estimate of drug-likeness (QED) is 0.224. The van der Waals surface area contributed by atoms with Gasteiger partial charge >= 0.3 is 0 Å². The number of aromatic nitrogens is 8. The zero-order valence-corrected chi connectivity index (χ0v) is 22.5. The lowest BCUT2D eigenvalue weighted by molar-refractivity contribution is -0.0217. The molecule has 12 heteroatoms. The van der Waals surface area contributed by atoms with E-state index < -0.39 is 23.6 Å². The molecular formula is C29H24F4N8. The largest absolute Gasteiger partial charge is 0.286 e. The normalized spacial score (nSPS) is 12.8. The molecule has 0 saturated carbocycles. The highest BCUT2D eigenvalue weighted by atomic mass is 19.3. The smallest absolute Gasteiger partial charge is 0.271 e. The molecule has 0 bridgehead atoms. The summed E-state index contributed by atoms with van der Waals surface area (Å²) >= 11 is 0. The summed E-state index contributed by atoms with van der Waals surface area (Å²) in [7, 11) is 0. The Morgan fingerprint density at radius 1 is 0.829 bits per heavy atom. The van der Waals surface area contributed by atoms with Crippen LogP contribution in [0.4, 0.5) is 17.6 Å². The lowest BCUT2D eigenvalue weighted by Crippen LogP contribution is -2.29. The monoisotopic (exact) mass is 560 g/mol. The second kappa shape index (κ2) is 9.65. The number of pyridine rings is 1. The van der Waals surface area contributed by atoms with Crippen LogP contribution in [0.5, 0.6) is 0 Å². The molecule has 0 amide bonds. The van der Waals surface area contributed by atoms with E-state index in [2.05, 4.69) is 25.1 Å². The van der Waals surface area contributed by atoms with E-state index in [0.717, 1.165) is 35.1 Å². The fourth-order valence-corrected chi connectivity index (χ4v) is 5.07. The molecule has 6 aromatic rings. The summed E-state index contributed by atoms with van der Waals surface area (Å²) in [5, 5.41) is 8.62. The maximum Gasteiger partial charge on any atom is 0.271 e. The molecule has 1 aromatic carbocycles. The van der Waals surface area contributed by atoms with E-state index in [1.807, 2.05) is 30.5 Å². The molecule has 0 unspecified atom stereocenters. The van der Waals surface area contributed by atoms with E-state index in [4.69, 9.17) is 0 Å². The van der Waals surface area contributed by atoms with Crippen molar-refractivity contribution in [1.82, 2.24) is 38.9 Å². The average Bonchev–Trinajstić information content (AvgIpc) is 3.64. The van der Waals surface area contributed by atoms with Crippen LogP contribution in [0.2, 0.25) is 0 Å². The van der Waals surface area contributed by atoms with Crippen molar-refractivity contribution in [1.29, 1.82) is 0 Å². The Kier molecular flexibility index (Phi) is 6.20. The van der Waals surface area contributed by atoms with Gasteiger partial charge in [-0.05, 0) is 50.6 Å². The first-order valence-electron chi connectivity index (χ1n) is 12.7. The number of aryl methyl sites for hydroxylation is 3. The highest BCUT2D eigenvalue weighted by molar-refractivity contribution is 5.72. The molecule has 208 valence electrons. The molecule has 0 N–H and O–H groups in total. The number of nitrogens with zero attached hydrogens (tertiary/aromatic N) is 8. The van der Waals surface area contributed by atoms with Gasteiger partial charge in [-0.3, -0.25) is 14.2 Å². The highest BCUT2D eigenvalue weighted by Crippen LogP contribution is 2.35. The Morgan fingerprint density at radius 2 is 1.51 bits per heavy atom. The molecule has 0 aliphatic heterocycles. The lowest BCUT2D eigenvalue weighted by atomic mass is 10.0. The molecule has 0 fully saturated rings. The minimum atomic E-state index is -3.21. The van der Waals surface area contributed by atoms with Crippen molar-refractivity contribution in [3.63, 3.8) is 0 Å². The molecule has 0 aliphatic rings. The summed E-state index contributed by atoms with van der Waals surface area (Å²) in [6.45, 7) is 6.37. The fourth-order valence-electron chi connectivity index (χ4n) is 5.07. The third-order valence-electron chi connectivity index (χ3n) is 6.99. The van der Waals surface area contributed by atoms with Crippen LogP contribution in [0.15, 0.2) is 67.4 Å². The number of rotatable bonds is 6. The summed E-state index contributed by atoms with van der Waals surface area (Å²) in [6.07, 6.45) is 6.91. The summed E-state index contributed by atoms with van der Waals surface area (Å²) in [5.41, 5.74) is 4.19. The minimum absolute atomic E-state index is 0.192. The molecule has 0 radical (unpaired) electrons. The van der Waals surface area contributed by atoms with E-state index in [1.165, 1.54) is 47.6 Å². The van der Waals surface area contributed by atoms with Crippen LogP contribution in [0.1, 0.15) is 35.5 Å². The minimum Gasteiger partial charge on any atom is -0.286 e. The van der Waals surface area contributed by atoms with Gasteiger partial charge < -0.3 is 0 Å². The van der Waals surface area contributed by atoms with Crippen molar-refractivity contribution < 1.29 is 17.6 Å². The van der Waals surface area contributed by atoms with Gasteiger partial charge in [0, 0.05) is 41.2 Å². The fraction of sp³-hybridized carbons (Fsp3) is 0.207. The van der Waals surface area contributed by atoms with Gasteiger partial charge in [-0.1, -0.05) is 12.1 Å². The molecule has 0 saturated heterocycles. The van der Waals surface area contributed by atoms with Crippen molar-refractivity contribution in [3.05, 3.63) is 102 Å². The van der Waals surface area contributed by atoms with Crippen LogP contribution in [0.25, 0.3) is 34.1 Å². The van der Waals surface area contributed by atoms with E-state index in [0.29, 0.717) is 28.4 Å². The summed E-state index contributed by atoms with van der Waals surface area (Å²) in [5.74, 6) is -3.89. The van der Waals surface area contributed by atoms with Crippen molar-refractivity contribution >= 4 is 5.65 Å². The highest BCUT2D eigenvalue weighted by Gasteiger charge is 2.38. The van der Waals surface area contributed by atoms with Crippen LogP contribution in [-0.2, 0) is 0 Å². The maximum absolute atomic E-state index is 15.5. The molecule has 0 spiro atoms. The van der Waals surface area contributed by atoms with Crippen molar-refractivity contribution in [2.45, 2.75) is 39.7 Å².